The second-order valence-electron chi connectivity index (χ2n) is 6.01. The maximum Gasteiger partial charge on any atom is 0.362 e. The van der Waals surface area contributed by atoms with Crippen LogP contribution >= 0.6 is 11.5 Å². The number of morpholine rings is 1. The van der Waals surface area contributed by atoms with Gasteiger partial charge in [0.25, 0.3) is 5.91 Å². The number of sulfonamides is 1. The summed E-state index contributed by atoms with van der Waals surface area (Å²) in [6.45, 7) is 2.77. The fraction of sp³-hybridized carbons (Fsp3) is 0.412. The summed E-state index contributed by atoms with van der Waals surface area (Å²) in [4.78, 5) is 24.5. The number of rotatable bonds is 7. The van der Waals surface area contributed by atoms with E-state index in [9.17, 15) is 18.0 Å². The number of nitrogens with one attached hydrogen (secondary N) is 1. The van der Waals surface area contributed by atoms with Gasteiger partial charge in [-0.25, -0.2) is 13.2 Å². The highest BCUT2D eigenvalue weighted by Gasteiger charge is 2.30. The Morgan fingerprint density at radius 2 is 2.03 bits per heavy atom. The van der Waals surface area contributed by atoms with Gasteiger partial charge >= 0.3 is 5.97 Å². The minimum absolute atomic E-state index is 0.0610. The van der Waals surface area contributed by atoms with Gasteiger partial charge in [0, 0.05) is 30.2 Å². The molecule has 0 atom stereocenters. The Hall–Kier alpha value is -2.61. The van der Waals surface area contributed by atoms with Crippen LogP contribution in [0, 0.1) is 0 Å². The number of methoxy groups -OCH3 is 1. The molecule has 0 aliphatic carbocycles. The van der Waals surface area contributed by atoms with Crippen LogP contribution in [0.3, 0.4) is 0 Å². The van der Waals surface area contributed by atoms with E-state index in [0.717, 1.165) is 11.5 Å². The van der Waals surface area contributed by atoms with Crippen molar-refractivity contribution in [2.45, 2.75) is 11.8 Å². The second-order valence-corrected chi connectivity index (χ2v) is 8.67. The first-order chi connectivity index (χ1) is 14.4. The van der Waals surface area contributed by atoms with Crippen LogP contribution in [-0.4, -0.2) is 74.2 Å². The molecule has 0 unspecified atom stereocenters. The second kappa shape index (κ2) is 9.47. The zero-order chi connectivity index (χ0) is 21.7. The highest BCUT2D eigenvalue weighted by atomic mass is 32.2. The third kappa shape index (κ3) is 4.59. The Labute approximate surface area is 177 Å². The van der Waals surface area contributed by atoms with Gasteiger partial charge < -0.3 is 19.5 Å². The van der Waals surface area contributed by atoms with Gasteiger partial charge in [-0.1, -0.05) is 4.49 Å². The minimum Gasteiger partial charge on any atom is -0.495 e. The lowest BCUT2D eigenvalue weighted by Gasteiger charge is -2.26. The van der Waals surface area contributed by atoms with Crippen molar-refractivity contribution in [1.29, 1.82) is 0 Å². The van der Waals surface area contributed by atoms with Gasteiger partial charge in [0.05, 0.1) is 26.9 Å². The van der Waals surface area contributed by atoms with E-state index in [1.807, 2.05) is 0 Å². The monoisotopic (exact) mass is 456 g/mol. The summed E-state index contributed by atoms with van der Waals surface area (Å²) in [5, 5.41) is 6.30. The molecule has 1 fully saturated rings. The first-order valence-corrected chi connectivity index (χ1v) is 11.2. The number of aromatic nitrogens is 2. The molecule has 1 N–H and O–H groups in total. The Kier molecular flexibility index (Phi) is 6.97. The summed E-state index contributed by atoms with van der Waals surface area (Å²) in [6, 6.07) is 4.06. The zero-order valence-electron chi connectivity index (χ0n) is 16.3. The largest absolute Gasteiger partial charge is 0.495 e. The molecule has 0 radical (unpaired) electrons. The van der Waals surface area contributed by atoms with E-state index in [4.69, 9.17) is 14.2 Å². The molecule has 1 aromatic carbocycles. The van der Waals surface area contributed by atoms with Crippen molar-refractivity contribution in [1.82, 2.24) is 13.9 Å². The molecular weight excluding hydrogens is 436 g/mol. The molecule has 3 rings (SSSR count). The topological polar surface area (TPSA) is 137 Å². The molecule has 0 bridgehead atoms. The van der Waals surface area contributed by atoms with Crippen molar-refractivity contribution in [2.24, 2.45) is 0 Å². The van der Waals surface area contributed by atoms with Crippen LogP contribution in [0.5, 0.6) is 5.75 Å². The molecule has 0 saturated carbocycles. The van der Waals surface area contributed by atoms with Gasteiger partial charge in [0.15, 0.2) is 5.00 Å². The highest BCUT2D eigenvalue weighted by Crippen LogP contribution is 2.29. The Bertz CT molecular complexity index is 1030. The number of benzene rings is 1. The van der Waals surface area contributed by atoms with Crippen LogP contribution in [0.15, 0.2) is 23.1 Å². The number of ether oxygens (including phenoxy) is 3. The van der Waals surface area contributed by atoms with Crippen LogP contribution in [-0.2, 0) is 19.5 Å². The van der Waals surface area contributed by atoms with E-state index in [1.165, 1.54) is 29.6 Å². The van der Waals surface area contributed by atoms with E-state index in [0.29, 0.717) is 0 Å². The third-order valence-electron chi connectivity index (χ3n) is 4.20. The van der Waals surface area contributed by atoms with Crippen molar-refractivity contribution in [3.63, 3.8) is 0 Å². The van der Waals surface area contributed by atoms with E-state index in [-0.39, 0.29) is 59.8 Å². The van der Waals surface area contributed by atoms with Crippen molar-refractivity contribution in [3.8, 4) is 5.75 Å². The molecule has 162 valence electrons. The predicted molar refractivity (Wildman–Crippen MR) is 106 cm³/mol. The first kappa shape index (κ1) is 22.1. The summed E-state index contributed by atoms with van der Waals surface area (Å²) in [6.07, 6.45) is 0. The normalized spacial score (nSPS) is 14.9. The fourth-order valence-electron chi connectivity index (χ4n) is 2.73. The summed E-state index contributed by atoms with van der Waals surface area (Å²) >= 11 is 0.808. The molecule has 2 aromatic rings. The average molecular weight is 457 g/mol. The van der Waals surface area contributed by atoms with Crippen LogP contribution in [0.4, 0.5) is 5.00 Å². The van der Waals surface area contributed by atoms with Gasteiger partial charge in [-0.3, -0.25) is 4.79 Å². The van der Waals surface area contributed by atoms with Crippen LogP contribution in [0.1, 0.15) is 27.8 Å². The number of hydrogen-bond acceptors (Lipinski definition) is 10. The molecule has 30 heavy (non-hydrogen) atoms. The quantitative estimate of drug-likeness (QED) is 0.605. The molecule has 1 aliphatic rings. The summed E-state index contributed by atoms with van der Waals surface area (Å²) < 4.78 is 46.3. The van der Waals surface area contributed by atoms with E-state index in [1.54, 1.807) is 6.92 Å². The predicted octanol–water partition coefficient (Wildman–Crippen LogP) is 0.997. The number of anilines is 1. The van der Waals surface area contributed by atoms with Crippen LogP contribution in [0.25, 0.3) is 0 Å². The Morgan fingerprint density at radius 1 is 1.30 bits per heavy atom. The fourth-order valence-corrected chi connectivity index (χ4v) is 4.87. The Morgan fingerprint density at radius 3 is 2.70 bits per heavy atom. The van der Waals surface area contributed by atoms with Crippen molar-refractivity contribution < 1.29 is 32.2 Å². The SMILES string of the molecule is CCOC(=O)c1nnsc1NC(=O)c1ccc(OC)c(S(=O)(=O)N2CCOCC2)c1. The highest BCUT2D eigenvalue weighted by molar-refractivity contribution is 7.89. The van der Waals surface area contributed by atoms with E-state index in [2.05, 4.69) is 14.9 Å². The number of esters is 1. The molecule has 1 amide bonds. The van der Waals surface area contributed by atoms with Gasteiger partial charge in [0.2, 0.25) is 15.7 Å². The van der Waals surface area contributed by atoms with E-state index >= 15 is 0 Å². The average Bonchev–Trinajstić information content (AvgIpc) is 3.22. The molecule has 11 nitrogen and oxygen atoms in total. The maximum atomic E-state index is 13.1. The lowest BCUT2D eigenvalue weighted by atomic mass is 10.2. The Balaban J connectivity index is 1.89. The molecule has 1 aliphatic heterocycles. The van der Waals surface area contributed by atoms with Gasteiger partial charge in [-0.15, -0.1) is 5.10 Å². The van der Waals surface area contributed by atoms with Gasteiger partial charge in [-0.2, -0.15) is 4.31 Å². The smallest absolute Gasteiger partial charge is 0.362 e. The summed E-state index contributed by atoms with van der Waals surface area (Å²) in [5.41, 5.74) is -0.0595. The van der Waals surface area contributed by atoms with Crippen LogP contribution < -0.4 is 10.1 Å². The van der Waals surface area contributed by atoms with Crippen molar-refractivity contribution in [2.75, 3.05) is 45.3 Å². The summed E-state index contributed by atoms with van der Waals surface area (Å²) in [5.74, 6) is -1.23. The van der Waals surface area contributed by atoms with Gasteiger partial charge in [0.1, 0.15) is 10.6 Å². The molecule has 1 saturated heterocycles. The molecule has 2 heterocycles. The lowest BCUT2D eigenvalue weighted by molar-refractivity contribution is 0.0520. The number of hydrogen-bond donors (Lipinski definition) is 1. The third-order valence-corrected chi connectivity index (χ3v) is 6.76. The molecular formula is C17H20N4O7S2. The first-order valence-electron chi connectivity index (χ1n) is 8.95. The minimum atomic E-state index is -3.90. The van der Waals surface area contributed by atoms with Crippen molar-refractivity contribution >= 4 is 38.4 Å². The standard InChI is InChI=1S/C17H20N4O7S2/c1-3-28-17(23)14-16(29-20-19-14)18-15(22)11-4-5-12(26-2)13(10-11)30(24,25)21-6-8-27-9-7-21/h4-5,10H,3,6-9H2,1-2H3,(H,18,22). The number of carbonyl (C=O) groups excluding carboxylic acids is 2. The number of nitrogens with zero attached hydrogens (tertiary/aromatic N) is 3. The van der Waals surface area contributed by atoms with E-state index < -0.39 is 21.9 Å². The van der Waals surface area contributed by atoms with Crippen molar-refractivity contribution in [3.05, 3.63) is 29.5 Å². The lowest BCUT2D eigenvalue weighted by Crippen LogP contribution is -2.40. The van der Waals surface area contributed by atoms with Crippen LogP contribution in [0.2, 0.25) is 0 Å². The molecule has 1 aromatic heterocycles. The van der Waals surface area contributed by atoms with Gasteiger partial charge in [-0.05, 0) is 25.1 Å². The zero-order valence-corrected chi connectivity index (χ0v) is 17.9. The maximum absolute atomic E-state index is 13.1. The number of amides is 1. The number of carbonyl (C=O) groups is 2. The summed E-state index contributed by atoms with van der Waals surface area (Å²) in [7, 11) is -2.55. The molecule has 13 heteroatoms. The molecule has 0 spiro atoms.